The molecule has 0 unspecified atom stereocenters. The van der Waals surface area contributed by atoms with Crippen molar-refractivity contribution >= 4 is 11.9 Å². The minimum absolute atomic E-state index is 0.0779. The highest BCUT2D eigenvalue weighted by Crippen LogP contribution is 2.15. The lowest BCUT2D eigenvalue weighted by atomic mass is 9.97. The molecular weight excluding hydrogens is 645 g/mol. The Hall–Kier alpha value is -1.66. The van der Waals surface area contributed by atoms with Crippen LogP contribution in [0.15, 0.2) is 24.3 Å². The van der Waals surface area contributed by atoms with E-state index in [-0.39, 0.29) is 11.9 Å². The minimum atomic E-state index is -0.0779. The third-order valence-electron chi connectivity index (χ3n) is 10.6. The molecule has 1 rings (SSSR count). The van der Waals surface area contributed by atoms with Crippen LogP contribution < -0.4 is 5.32 Å². The molecule has 0 aromatic heterocycles. The lowest BCUT2D eigenvalue weighted by Crippen LogP contribution is -2.39. The quantitative estimate of drug-likeness (QED) is 0.0387. The van der Waals surface area contributed by atoms with Crippen LogP contribution in [0.5, 0.6) is 0 Å². The Kier molecular flexibility index (Phi) is 36.3. The normalized spacial score (nSPS) is 13.9. The number of piperidine rings is 1. The number of hydrogen-bond donors (Lipinski definition) is 1. The van der Waals surface area contributed by atoms with Crippen molar-refractivity contribution in [2.75, 3.05) is 45.9 Å². The summed E-state index contributed by atoms with van der Waals surface area (Å²) in [6.45, 7) is 9.88. The van der Waals surface area contributed by atoms with E-state index in [0.717, 1.165) is 45.3 Å². The molecule has 6 heteroatoms. The first kappa shape index (κ1) is 48.4. The van der Waals surface area contributed by atoms with Gasteiger partial charge in [0.25, 0.3) is 0 Å². The first-order valence-corrected chi connectivity index (χ1v) is 22.7. The lowest BCUT2D eigenvalue weighted by molar-refractivity contribution is -0.144. The number of hydrogen-bond acceptors (Lipinski definition) is 6. The average Bonchev–Trinajstić information content (AvgIpc) is 3.15. The van der Waals surface area contributed by atoms with Gasteiger partial charge in [0.1, 0.15) is 13.2 Å². The van der Waals surface area contributed by atoms with Crippen molar-refractivity contribution in [1.82, 2.24) is 10.2 Å². The Bertz CT molecular complexity index is 780. The van der Waals surface area contributed by atoms with Crippen LogP contribution in [0.25, 0.3) is 0 Å². The molecule has 0 aromatic carbocycles. The van der Waals surface area contributed by atoms with Crippen LogP contribution in [0.2, 0.25) is 0 Å². The van der Waals surface area contributed by atoms with E-state index in [1.807, 2.05) is 0 Å². The van der Waals surface area contributed by atoms with E-state index in [1.165, 1.54) is 154 Å². The Labute approximate surface area is 323 Å². The molecule has 0 aliphatic carbocycles. The lowest BCUT2D eigenvalue weighted by Gasteiger charge is -2.29. The topological polar surface area (TPSA) is 67.9 Å². The molecule has 1 fully saturated rings. The monoisotopic (exact) mass is 731 g/mol. The van der Waals surface area contributed by atoms with Gasteiger partial charge in [0.05, 0.1) is 0 Å². The van der Waals surface area contributed by atoms with E-state index in [0.29, 0.717) is 45.1 Å². The zero-order valence-electron chi connectivity index (χ0n) is 34.6. The summed E-state index contributed by atoms with van der Waals surface area (Å²) in [6, 6.07) is 0. The van der Waals surface area contributed by atoms with E-state index in [2.05, 4.69) is 48.4 Å². The molecule has 0 spiro atoms. The third-order valence-corrected chi connectivity index (χ3v) is 10.6. The summed E-state index contributed by atoms with van der Waals surface area (Å²) in [5.74, 6) is 0.482. The zero-order valence-corrected chi connectivity index (χ0v) is 34.6. The molecule has 1 heterocycles. The van der Waals surface area contributed by atoms with Gasteiger partial charge in [-0.2, -0.15) is 0 Å². The van der Waals surface area contributed by atoms with Gasteiger partial charge in [-0.05, 0) is 96.1 Å². The molecule has 6 nitrogen and oxygen atoms in total. The SMILES string of the molecule is CCCCCCCC/C=C\CCCCCCCC(=O)OCCN(CCOC(=O)CCCCCCC/C=C\CCCCCCCC)CC1CCNCC1. The molecule has 1 N–H and O–H groups in total. The van der Waals surface area contributed by atoms with Crippen LogP contribution in [-0.4, -0.2) is 62.8 Å². The second kappa shape index (κ2) is 39.0. The molecule has 0 amide bonds. The predicted molar refractivity (Wildman–Crippen MR) is 223 cm³/mol. The second-order valence-corrected chi connectivity index (χ2v) is 15.6. The molecule has 52 heavy (non-hydrogen) atoms. The Morgan fingerprint density at radius 2 is 0.865 bits per heavy atom. The van der Waals surface area contributed by atoms with Crippen molar-refractivity contribution in [1.29, 1.82) is 0 Å². The van der Waals surface area contributed by atoms with E-state index >= 15 is 0 Å². The van der Waals surface area contributed by atoms with Crippen molar-refractivity contribution in [3.63, 3.8) is 0 Å². The summed E-state index contributed by atoms with van der Waals surface area (Å²) in [5.41, 5.74) is 0. The standard InChI is InChI=1S/C46H86N2O4/c1-3-5-7-9-11-13-15-17-19-21-23-25-27-29-31-33-45(49)51-41-39-48(43-44-35-37-47-38-36-44)40-42-52-46(50)34-32-30-28-26-24-22-20-18-16-14-12-10-8-6-4-2/h17-20,44,47H,3-16,21-43H2,1-2H3/b19-17-,20-18-. The fourth-order valence-corrected chi connectivity index (χ4v) is 7.13. The Balaban J connectivity index is 2.07. The fourth-order valence-electron chi connectivity index (χ4n) is 7.13. The molecular formula is C46H86N2O4. The van der Waals surface area contributed by atoms with Gasteiger partial charge in [-0.25, -0.2) is 0 Å². The number of rotatable bonds is 38. The van der Waals surface area contributed by atoms with Crippen molar-refractivity contribution in [2.24, 2.45) is 5.92 Å². The summed E-state index contributed by atoms with van der Waals surface area (Å²) in [5, 5.41) is 3.45. The number of carbonyl (C=O) groups excluding carboxylic acids is 2. The first-order valence-electron chi connectivity index (χ1n) is 22.7. The average molecular weight is 731 g/mol. The number of ether oxygens (including phenoxy) is 2. The van der Waals surface area contributed by atoms with Gasteiger partial charge in [0, 0.05) is 32.5 Å². The van der Waals surface area contributed by atoms with Crippen LogP contribution in [0, 0.1) is 5.92 Å². The third kappa shape index (κ3) is 34.1. The number of esters is 2. The largest absolute Gasteiger partial charge is 0.464 e. The smallest absolute Gasteiger partial charge is 0.305 e. The summed E-state index contributed by atoms with van der Waals surface area (Å²) < 4.78 is 11.3. The van der Waals surface area contributed by atoms with E-state index in [4.69, 9.17) is 9.47 Å². The molecule has 1 saturated heterocycles. The molecule has 1 aliphatic heterocycles. The number of unbranched alkanes of at least 4 members (excludes halogenated alkanes) is 22. The van der Waals surface area contributed by atoms with E-state index in [9.17, 15) is 9.59 Å². The summed E-state index contributed by atoms with van der Waals surface area (Å²) >= 11 is 0. The van der Waals surface area contributed by atoms with Crippen LogP contribution in [0.4, 0.5) is 0 Å². The summed E-state index contributed by atoms with van der Waals surface area (Å²) in [7, 11) is 0. The highest BCUT2D eigenvalue weighted by atomic mass is 16.5. The first-order chi connectivity index (χ1) is 25.7. The Morgan fingerprint density at radius 3 is 1.25 bits per heavy atom. The molecule has 0 atom stereocenters. The van der Waals surface area contributed by atoms with Gasteiger partial charge in [-0.15, -0.1) is 0 Å². The van der Waals surface area contributed by atoms with E-state index in [1.54, 1.807) is 0 Å². The highest BCUT2D eigenvalue weighted by Gasteiger charge is 2.18. The molecule has 0 saturated carbocycles. The van der Waals surface area contributed by atoms with Gasteiger partial charge < -0.3 is 14.8 Å². The minimum Gasteiger partial charge on any atom is -0.464 e. The van der Waals surface area contributed by atoms with Gasteiger partial charge in [-0.3, -0.25) is 14.5 Å². The molecule has 0 bridgehead atoms. The van der Waals surface area contributed by atoms with Crippen molar-refractivity contribution < 1.29 is 19.1 Å². The van der Waals surface area contributed by atoms with Crippen LogP contribution >= 0.6 is 0 Å². The number of carbonyl (C=O) groups is 2. The van der Waals surface area contributed by atoms with Gasteiger partial charge in [0.15, 0.2) is 0 Å². The molecule has 1 aliphatic rings. The Morgan fingerprint density at radius 1 is 0.519 bits per heavy atom. The molecule has 0 radical (unpaired) electrons. The van der Waals surface area contributed by atoms with Crippen LogP contribution in [0.3, 0.4) is 0 Å². The highest BCUT2D eigenvalue weighted by molar-refractivity contribution is 5.69. The van der Waals surface area contributed by atoms with Gasteiger partial charge in [-0.1, -0.05) is 141 Å². The summed E-state index contributed by atoms with van der Waals surface area (Å²) in [6.07, 6.45) is 45.5. The number of nitrogens with zero attached hydrogens (tertiary/aromatic N) is 1. The van der Waals surface area contributed by atoms with Crippen molar-refractivity contribution in [3.05, 3.63) is 24.3 Å². The zero-order chi connectivity index (χ0) is 37.4. The molecule has 304 valence electrons. The number of allylic oxidation sites excluding steroid dienone is 4. The maximum Gasteiger partial charge on any atom is 0.305 e. The van der Waals surface area contributed by atoms with Crippen LogP contribution in [-0.2, 0) is 19.1 Å². The van der Waals surface area contributed by atoms with Crippen molar-refractivity contribution in [2.45, 2.75) is 206 Å². The van der Waals surface area contributed by atoms with E-state index < -0.39 is 0 Å². The van der Waals surface area contributed by atoms with Gasteiger partial charge in [0.2, 0.25) is 0 Å². The van der Waals surface area contributed by atoms with Gasteiger partial charge >= 0.3 is 11.9 Å². The fraction of sp³-hybridized carbons (Fsp3) is 0.870. The predicted octanol–water partition coefficient (Wildman–Crippen LogP) is 12.4. The maximum atomic E-state index is 12.4. The van der Waals surface area contributed by atoms with Crippen molar-refractivity contribution in [3.8, 4) is 0 Å². The number of nitrogens with one attached hydrogen (secondary N) is 1. The maximum absolute atomic E-state index is 12.4. The van der Waals surface area contributed by atoms with Crippen LogP contribution in [0.1, 0.15) is 206 Å². The summed E-state index contributed by atoms with van der Waals surface area (Å²) in [4.78, 5) is 27.1. The second-order valence-electron chi connectivity index (χ2n) is 15.6. The molecule has 0 aromatic rings.